The van der Waals surface area contributed by atoms with Gasteiger partial charge in [-0.1, -0.05) is 11.6 Å². The third-order valence-corrected chi connectivity index (χ3v) is 6.86. The number of aryl methyl sites for hydroxylation is 1. The molecule has 0 unspecified atom stereocenters. The second-order valence-corrected chi connectivity index (χ2v) is 9.55. The van der Waals surface area contributed by atoms with Crippen molar-refractivity contribution in [1.82, 2.24) is 24.3 Å². The molecule has 0 radical (unpaired) electrons. The number of rotatable bonds is 7. The van der Waals surface area contributed by atoms with E-state index >= 15 is 0 Å². The van der Waals surface area contributed by atoms with E-state index in [-0.39, 0.29) is 37.9 Å². The van der Waals surface area contributed by atoms with Crippen LogP contribution in [-0.4, -0.2) is 101 Å². The zero-order valence-corrected chi connectivity index (χ0v) is 20.5. The molecule has 0 N–H and O–H groups in total. The number of likely N-dealkylation sites (N-methyl/N-ethyl adjacent to an activating group) is 1. The lowest BCUT2D eigenvalue weighted by atomic mass is 9.96. The number of aromatic nitrogens is 2. The van der Waals surface area contributed by atoms with E-state index in [0.29, 0.717) is 37.0 Å². The summed E-state index contributed by atoms with van der Waals surface area (Å²) in [6, 6.07) is 5.45. The molecule has 2 amide bonds. The number of carbonyl (C=O) groups excluding carboxylic acids is 2. The molecule has 2 aliphatic heterocycles. The number of piperazine rings is 1. The van der Waals surface area contributed by atoms with E-state index in [4.69, 9.17) is 21.1 Å². The summed E-state index contributed by atoms with van der Waals surface area (Å²) in [7, 11) is 2.05. The van der Waals surface area contributed by atoms with Gasteiger partial charge in [-0.2, -0.15) is 0 Å². The Morgan fingerprint density at radius 3 is 2.65 bits per heavy atom. The predicted octanol–water partition coefficient (Wildman–Crippen LogP) is 1.69. The fourth-order valence-corrected chi connectivity index (χ4v) is 4.42. The standard InChI is InChI=1S/C24H32ClN5O4/c1-19-13-20(3-4-21(19)25)33-17-24(14-22(31)29-9-7-27(2)8-10-29)16-30(11-12-34-24)23(32)15-28-6-5-26-18-28/h3-6,13,18H,7-12,14-17H2,1-2H3/t24-/m0/s1. The van der Waals surface area contributed by atoms with Crippen LogP contribution in [0.5, 0.6) is 5.75 Å². The summed E-state index contributed by atoms with van der Waals surface area (Å²) in [5.41, 5.74) is -0.0278. The van der Waals surface area contributed by atoms with Crippen LogP contribution in [0.1, 0.15) is 12.0 Å². The third-order valence-electron chi connectivity index (χ3n) is 6.44. The van der Waals surface area contributed by atoms with Crippen molar-refractivity contribution in [2.75, 3.05) is 59.5 Å². The van der Waals surface area contributed by atoms with Crippen molar-refractivity contribution in [2.24, 2.45) is 0 Å². The molecule has 4 rings (SSSR count). The van der Waals surface area contributed by atoms with Gasteiger partial charge < -0.3 is 28.7 Å². The van der Waals surface area contributed by atoms with Crippen molar-refractivity contribution >= 4 is 23.4 Å². The predicted molar refractivity (Wildman–Crippen MR) is 128 cm³/mol. The lowest BCUT2D eigenvalue weighted by Crippen LogP contribution is -2.59. The van der Waals surface area contributed by atoms with Gasteiger partial charge >= 0.3 is 0 Å². The summed E-state index contributed by atoms with van der Waals surface area (Å²) in [5.74, 6) is 0.631. The second-order valence-electron chi connectivity index (χ2n) is 9.14. The summed E-state index contributed by atoms with van der Waals surface area (Å²) < 4.78 is 14.1. The van der Waals surface area contributed by atoms with Gasteiger partial charge in [0.05, 0.1) is 25.9 Å². The molecular weight excluding hydrogens is 458 g/mol. The smallest absolute Gasteiger partial charge is 0.242 e. The SMILES string of the molecule is Cc1cc(OC[C@]2(CC(=O)N3CCN(C)CC3)CN(C(=O)Cn3ccnc3)CCO2)ccc1Cl. The molecule has 0 bridgehead atoms. The number of hydrogen-bond acceptors (Lipinski definition) is 6. The summed E-state index contributed by atoms with van der Waals surface area (Å²) in [4.78, 5) is 36.1. The fourth-order valence-electron chi connectivity index (χ4n) is 4.30. The van der Waals surface area contributed by atoms with Crippen LogP contribution in [0.15, 0.2) is 36.9 Å². The maximum atomic E-state index is 13.3. The lowest BCUT2D eigenvalue weighted by molar-refractivity contribution is -0.166. The quantitative estimate of drug-likeness (QED) is 0.589. The van der Waals surface area contributed by atoms with Gasteiger partial charge in [0.1, 0.15) is 24.5 Å². The van der Waals surface area contributed by atoms with E-state index in [2.05, 4.69) is 16.9 Å². The van der Waals surface area contributed by atoms with Crippen molar-refractivity contribution in [3.05, 3.63) is 47.5 Å². The zero-order valence-electron chi connectivity index (χ0n) is 19.8. The van der Waals surface area contributed by atoms with Crippen molar-refractivity contribution in [1.29, 1.82) is 0 Å². The van der Waals surface area contributed by atoms with Gasteiger partial charge in [-0.15, -0.1) is 0 Å². The van der Waals surface area contributed by atoms with Crippen molar-refractivity contribution in [3.63, 3.8) is 0 Å². The highest BCUT2D eigenvalue weighted by atomic mass is 35.5. The van der Waals surface area contributed by atoms with E-state index < -0.39 is 5.60 Å². The van der Waals surface area contributed by atoms with Gasteiger partial charge in [0.2, 0.25) is 11.8 Å². The first-order chi connectivity index (χ1) is 16.3. The minimum Gasteiger partial charge on any atom is -0.490 e. The number of carbonyl (C=O) groups is 2. The summed E-state index contributed by atoms with van der Waals surface area (Å²) >= 11 is 6.15. The van der Waals surface area contributed by atoms with Crippen molar-refractivity contribution in [2.45, 2.75) is 25.5 Å². The van der Waals surface area contributed by atoms with Crippen LogP contribution < -0.4 is 4.74 Å². The van der Waals surface area contributed by atoms with Gasteiger partial charge in [-0.05, 0) is 37.7 Å². The van der Waals surface area contributed by atoms with Gasteiger partial charge in [-0.25, -0.2) is 4.98 Å². The number of benzene rings is 1. The van der Waals surface area contributed by atoms with Crippen LogP contribution in [0.25, 0.3) is 0 Å². The van der Waals surface area contributed by atoms with Crippen LogP contribution in [0, 0.1) is 6.92 Å². The zero-order chi connectivity index (χ0) is 24.1. The van der Waals surface area contributed by atoms with Gasteiger partial charge in [-0.3, -0.25) is 9.59 Å². The Hall–Kier alpha value is -2.62. The molecule has 0 aliphatic carbocycles. The molecule has 2 aromatic rings. The first-order valence-corrected chi connectivity index (χ1v) is 11.9. The third kappa shape index (κ3) is 6.08. The monoisotopic (exact) mass is 489 g/mol. The molecular formula is C24H32ClN5O4. The maximum absolute atomic E-state index is 13.3. The number of nitrogens with zero attached hydrogens (tertiary/aromatic N) is 5. The molecule has 1 atom stereocenters. The van der Waals surface area contributed by atoms with E-state index in [0.717, 1.165) is 18.7 Å². The average molecular weight is 490 g/mol. The largest absolute Gasteiger partial charge is 0.490 e. The first-order valence-electron chi connectivity index (χ1n) is 11.6. The molecule has 0 spiro atoms. The van der Waals surface area contributed by atoms with Crippen LogP contribution in [0.3, 0.4) is 0 Å². The highest BCUT2D eigenvalue weighted by Crippen LogP contribution is 2.27. The molecule has 34 heavy (non-hydrogen) atoms. The molecule has 2 saturated heterocycles. The number of amides is 2. The Labute approximate surface area is 205 Å². The molecule has 9 nitrogen and oxygen atoms in total. The second kappa shape index (κ2) is 10.8. The number of imidazole rings is 1. The van der Waals surface area contributed by atoms with Crippen LogP contribution in [0.4, 0.5) is 0 Å². The highest BCUT2D eigenvalue weighted by Gasteiger charge is 2.42. The van der Waals surface area contributed by atoms with E-state index in [1.165, 1.54) is 0 Å². The Kier molecular flexibility index (Phi) is 7.75. The number of hydrogen-bond donors (Lipinski definition) is 0. The normalized spacial score (nSPS) is 21.5. The van der Waals surface area contributed by atoms with E-state index in [1.54, 1.807) is 40.3 Å². The van der Waals surface area contributed by atoms with Crippen LogP contribution >= 0.6 is 11.6 Å². The van der Waals surface area contributed by atoms with Crippen LogP contribution in [0.2, 0.25) is 5.02 Å². The van der Waals surface area contributed by atoms with Gasteiger partial charge in [0.25, 0.3) is 0 Å². The Balaban J connectivity index is 1.49. The molecule has 1 aromatic heterocycles. The van der Waals surface area contributed by atoms with E-state index in [1.807, 2.05) is 17.9 Å². The topological polar surface area (TPSA) is 80.1 Å². The molecule has 184 valence electrons. The Morgan fingerprint density at radius 2 is 1.94 bits per heavy atom. The van der Waals surface area contributed by atoms with Crippen molar-refractivity contribution < 1.29 is 19.1 Å². The minimum atomic E-state index is -0.934. The minimum absolute atomic E-state index is 0.0212. The van der Waals surface area contributed by atoms with Gasteiger partial charge in [0.15, 0.2) is 0 Å². The lowest BCUT2D eigenvalue weighted by Gasteiger charge is -2.43. The average Bonchev–Trinajstić information content (AvgIpc) is 3.33. The molecule has 0 saturated carbocycles. The number of halogens is 1. The Morgan fingerprint density at radius 1 is 1.15 bits per heavy atom. The summed E-state index contributed by atoms with van der Waals surface area (Å²) in [6.45, 7) is 6.42. The molecule has 10 heteroatoms. The highest BCUT2D eigenvalue weighted by molar-refractivity contribution is 6.31. The Bertz CT molecular complexity index is 993. The maximum Gasteiger partial charge on any atom is 0.242 e. The number of morpholine rings is 1. The summed E-state index contributed by atoms with van der Waals surface area (Å²) in [6.07, 6.45) is 5.18. The first kappa shape index (κ1) is 24.5. The van der Waals surface area contributed by atoms with Gasteiger partial charge in [0, 0.05) is 50.1 Å². The number of ether oxygens (including phenoxy) is 2. The van der Waals surface area contributed by atoms with E-state index in [9.17, 15) is 9.59 Å². The van der Waals surface area contributed by atoms with Crippen LogP contribution in [-0.2, 0) is 20.9 Å². The molecule has 2 aliphatic rings. The molecule has 3 heterocycles. The molecule has 1 aromatic carbocycles. The fraction of sp³-hybridized carbons (Fsp3) is 0.542. The summed E-state index contributed by atoms with van der Waals surface area (Å²) in [5, 5.41) is 0.664. The van der Waals surface area contributed by atoms with Crippen molar-refractivity contribution in [3.8, 4) is 5.75 Å². The molecule has 2 fully saturated rings.